The van der Waals surface area contributed by atoms with Gasteiger partial charge in [-0.2, -0.15) is 0 Å². The SMILES string of the molecule is C1=CC2C=CC(c3cccc4c3-c3ccccc3C4(c3ccccc3)c3ccccc3)=C3Sc4ccccc4C(=C1)C32. The van der Waals surface area contributed by atoms with E-state index in [4.69, 9.17) is 0 Å². The lowest BCUT2D eigenvalue weighted by molar-refractivity contribution is 0.666. The molecule has 3 aliphatic carbocycles. The van der Waals surface area contributed by atoms with Gasteiger partial charge in [0.15, 0.2) is 0 Å². The number of hydrogen-bond donors (Lipinski definition) is 0. The van der Waals surface area contributed by atoms with Crippen molar-refractivity contribution < 1.29 is 0 Å². The first-order valence-corrected chi connectivity index (χ1v) is 15.6. The number of hydrogen-bond acceptors (Lipinski definition) is 1. The second-order valence-electron chi connectivity index (χ2n) is 11.6. The van der Waals surface area contributed by atoms with E-state index < -0.39 is 0 Å². The Balaban J connectivity index is 1.36. The third-order valence-corrected chi connectivity index (χ3v) is 10.8. The van der Waals surface area contributed by atoms with Crippen LogP contribution in [0.4, 0.5) is 0 Å². The van der Waals surface area contributed by atoms with Crippen molar-refractivity contribution >= 4 is 22.9 Å². The Bertz CT molecular complexity index is 1970. The Hall–Kier alpha value is -4.59. The molecule has 0 spiro atoms. The molecule has 1 aliphatic heterocycles. The first kappa shape index (κ1) is 24.1. The largest absolute Gasteiger partial charge is 0.0926 e. The quantitative estimate of drug-likeness (QED) is 0.210. The molecule has 42 heavy (non-hydrogen) atoms. The summed E-state index contributed by atoms with van der Waals surface area (Å²) in [4.78, 5) is 2.83. The lowest BCUT2D eigenvalue weighted by Gasteiger charge is -2.39. The van der Waals surface area contributed by atoms with E-state index in [2.05, 4.69) is 158 Å². The molecule has 2 unspecified atom stereocenters. The van der Waals surface area contributed by atoms with Crippen molar-refractivity contribution in [1.29, 1.82) is 0 Å². The zero-order valence-corrected chi connectivity index (χ0v) is 23.9. The van der Waals surface area contributed by atoms with Crippen LogP contribution in [0.3, 0.4) is 0 Å². The van der Waals surface area contributed by atoms with Crippen LogP contribution in [0.25, 0.3) is 22.3 Å². The van der Waals surface area contributed by atoms with E-state index in [0.717, 1.165) is 0 Å². The summed E-state index contributed by atoms with van der Waals surface area (Å²) in [6, 6.07) is 47.2. The Kier molecular flexibility index (Phi) is 5.27. The number of thioether (sulfide) groups is 1. The van der Waals surface area contributed by atoms with Crippen molar-refractivity contribution in [2.75, 3.05) is 0 Å². The second-order valence-corrected chi connectivity index (χ2v) is 12.6. The zero-order valence-electron chi connectivity index (χ0n) is 23.1. The fourth-order valence-electron chi connectivity index (χ4n) is 7.89. The highest BCUT2D eigenvalue weighted by atomic mass is 32.2. The van der Waals surface area contributed by atoms with Crippen LogP contribution < -0.4 is 0 Å². The lowest BCUT2D eigenvalue weighted by Crippen LogP contribution is -2.28. The Morgan fingerprint density at radius 2 is 1.19 bits per heavy atom. The molecule has 4 aliphatic rings. The molecule has 1 heteroatoms. The highest BCUT2D eigenvalue weighted by Gasteiger charge is 2.47. The molecule has 0 fully saturated rings. The molecular formula is C41H28S. The molecule has 198 valence electrons. The van der Waals surface area contributed by atoms with E-state index >= 15 is 0 Å². The molecule has 5 aromatic rings. The van der Waals surface area contributed by atoms with Gasteiger partial charge in [0.2, 0.25) is 0 Å². The molecule has 0 bridgehead atoms. The topological polar surface area (TPSA) is 0 Å². The van der Waals surface area contributed by atoms with Crippen molar-refractivity contribution in [1.82, 2.24) is 0 Å². The fourth-order valence-corrected chi connectivity index (χ4v) is 9.26. The van der Waals surface area contributed by atoms with Gasteiger partial charge in [-0.3, -0.25) is 0 Å². The van der Waals surface area contributed by atoms with Crippen LogP contribution in [0.1, 0.15) is 33.4 Å². The van der Waals surface area contributed by atoms with Gasteiger partial charge in [0, 0.05) is 21.6 Å². The molecule has 0 saturated carbocycles. The molecule has 9 rings (SSSR count). The minimum absolute atomic E-state index is 0.357. The standard InChI is InChI=1S/C41H28S/c1-3-14-28(15-4-1)41(29-16-5-2-6-17-29)35-22-9-7-19-34(35)39-32(21-12-23-36(39)41)33-26-25-27-13-11-20-31-30-18-8-10-24-37(30)42-40(33)38(27)31/h1-27,38H. The van der Waals surface area contributed by atoms with Crippen molar-refractivity contribution in [2.45, 2.75) is 10.3 Å². The third-order valence-electron chi connectivity index (χ3n) is 9.55. The summed E-state index contributed by atoms with van der Waals surface area (Å²) in [5.74, 6) is 0.747. The number of rotatable bonds is 3. The molecule has 5 aromatic carbocycles. The van der Waals surface area contributed by atoms with Crippen LogP contribution in [0.5, 0.6) is 0 Å². The summed E-state index contributed by atoms with van der Waals surface area (Å²) in [7, 11) is 0. The van der Waals surface area contributed by atoms with Crippen LogP contribution in [-0.2, 0) is 5.41 Å². The maximum absolute atomic E-state index is 2.43. The minimum atomic E-state index is -0.387. The van der Waals surface area contributed by atoms with Crippen LogP contribution in [-0.4, -0.2) is 0 Å². The highest BCUT2D eigenvalue weighted by molar-refractivity contribution is 8.03. The molecule has 0 aromatic heterocycles. The Labute approximate surface area is 251 Å². The van der Waals surface area contributed by atoms with Gasteiger partial charge >= 0.3 is 0 Å². The molecule has 1 heterocycles. The molecular weight excluding hydrogens is 525 g/mol. The Morgan fingerprint density at radius 1 is 0.548 bits per heavy atom. The first-order valence-electron chi connectivity index (χ1n) is 14.8. The fraction of sp³-hybridized carbons (Fsp3) is 0.0732. The van der Waals surface area contributed by atoms with Gasteiger partial charge in [-0.15, -0.1) is 0 Å². The second kappa shape index (κ2) is 9.21. The van der Waals surface area contributed by atoms with Crippen molar-refractivity contribution in [3.05, 3.63) is 196 Å². The highest BCUT2D eigenvalue weighted by Crippen LogP contribution is 2.61. The van der Waals surface area contributed by atoms with E-state index in [9.17, 15) is 0 Å². The van der Waals surface area contributed by atoms with Crippen molar-refractivity contribution in [3.63, 3.8) is 0 Å². The van der Waals surface area contributed by atoms with Crippen LogP contribution in [0.2, 0.25) is 0 Å². The van der Waals surface area contributed by atoms with Gasteiger partial charge in [-0.1, -0.05) is 163 Å². The summed E-state index contributed by atoms with van der Waals surface area (Å²) >= 11 is 1.97. The van der Waals surface area contributed by atoms with Gasteiger partial charge < -0.3 is 0 Å². The van der Waals surface area contributed by atoms with Crippen LogP contribution >= 0.6 is 11.8 Å². The van der Waals surface area contributed by atoms with Crippen molar-refractivity contribution in [3.8, 4) is 11.1 Å². The summed E-state index contributed by atoms with van der Waals surface area (Å²) < 4.78 is 0. The summed E-state index contributed by atoms with van der Waals surface area (Å²) in [6.45, 7) is 0. The molecule has 0 radical (unpaired) electrons. The predicted octanol–water partition coefficient (Wildman–Crippen LogP) is 10.3. The number of allylic oxidation sites excluding steroid dienone is 8. The van der Waals surface area contributed by atoms with Crippen LogP contribution in [0, 0.1) is 11.8 Å². The zero-order chi connectivity index (χ0) is 27.7. The van der Waals surface area contributed by atoms with Crippen molar-refractivity contribution in [2.24, 2.45) is 11.8 Å². The summed E-state index contributed by atoms with van der Waals surface area (Å²) in [5, 5.41) is 0. The van der Waals surface area contributed by atoms with E-state index in [-0.39, 0.29) is 5.41 Å². The first-order chi connectivity index (χ1) is 20.9. The number of fused-ring (bicyclic) bond motifs is 5. The lowest BCUT2D eigenvalue weighted by atomic mass is 9.67. The van der Waals surface area contributed by atoms with Gasteiger partial charge in [-0.05, 0) is 61.7 Å². The summed E-state index contributed by atoms with van der Waals surface area (Å²) in [6.07, 6.45) is 11.8. The smallest absolute Gasteiger partial charge is 0.0713 e. The van der Waals surface area contributed by atoms with Gasteiger partial charge in [0.1, 0.15) is 0 Å². The Morgan fingerprint density at radius 3 is 1.98 bits per heavy atom. The molecule has 0 nitrogen and oxygen atoms in total. The van der Waals surface area contributed by atoms with Gasteiger partial charge in [-0.25, -0.2) is 0 Å². The molecule has 0 N–H and O–H groups in total. The van der Waals surface area contributed by atoms with Crippen LogP contribution in [0.15, 0.2) is 168 Å². The van der Waals surface area contributed by atoms with E-state index in [1.807, 2.05) is 11.8 Å². The third kappa shape index (κ3) is 3.20. The summed E-state index contributed by atoms with van der Waals surface area (Å²) in [5.41, 5.74) is 13.2. The molecule has 2 atom stereocenters. The average Bonchev–Trinajstić information content (AvgIpc) is 3.37. The van der Waals surface area contributed by atoms with Gasteiger partial charge in [0.05, 0.1) is 5.41 Å². The van der Waals surface area contributed by atoms with E-state index in [0.29, 0.717) is 11.8 Å². The monoisotopic (exact) mass is 552 g/mol. The molecule has 0 amide bonds. The average molecular weight is 553 g/mol. The molecule has 0 saturated heterocycles. The number of benzene rings is 5. The normalized spacial score (nSPS) is 20.3. The minimum Gasteiger partial charge on any atom is -0.0926 e. The predicted molar refractivity (Wildman–Crippen MR) is 176 cm³/mol. The van der Waals surface area contributed by atoms with Gasteiger partial charge in [0.25, 0.3) is 0 Å². The maximum Gasteiger partial charge on any atom is 0.0713 e. The van der Waals surface area contributed by atoms with E-state index in [1.165, 1.54) is 65.5 Å². The van der Waals surface area contributed by atoms with E-state index in [1.54, 1.807) is 0 Å². The maximum atomic E-state index is 2.43.